The van der Waals surface area contributed by atoms with E-state index in [1.807, 2.05) is 47.9 Å². The SMILES string of the molecule is Cc1ccc(Cl)cc1-n1c(CNC(=O)c2ccc(Cl)cc2)nnc1SCc1ccccc1. The van der Waals surface area contributed by atoms with Gasteiger partial charge in [0.2, 0.25) is 0 Å². The van der Waals surface area contributed by atoms with Crippen molar-refractivity contribution >= 4 is 40.9 Å². The third kappa shape index (κ3) is 5.33. The maximum atomic E-state index is 12.6. The van der Waals surface area contributed by atoms with E-state index in [2.05, 4.69) is 27.6 Å². The summed E-state index contributed by atoms with van der Waals surface area (Å²) in [6.45, 7) is 2.22. The zero-order valence-electron chi connectivity index (χ0n) is 17.3. The number of aryl methyl sites for hydroxylation is 1. The second-order valence-electron chi connectivity index (χ2n) is 7.13. The van der Waals surface area contributed by atoms with Gasteiger partial charge >= 0.3 is 0 Å². The van der Waals surface area contributed by atoms with Gasteiger partial charge in [0.15, 0.2) is 11.0 Å². The smallest absolute Gasteiger partial charge is 0.251 e. The number of nitrogens with zero attached hydrogens (tertiary/aromatic N) is 3. The van der Waals surface area contributed by atoms with Crippen LogP contribution in [0, 0.1) is 6.92 Å². The van der Waals surface area contributed by atoms with Crippen LogP contribution < -0.4 is 5.32 Å². The fourth-order valence-electron chi connectivity index (χ4n) is 3.16. The highest BCUT2D eigenvalue weighted by Crippen LogP contribution is 2.28. The molecule has 0 saturated heterocycles. The number of hydrogen-bond donors (Lipinski definition) is 1. The normalized spacial score (nSPS) is 10.8. The monoisotopic (exact) mass is 482 g/mol. The van der Waals surface area contributed by atoms with E-state index < -0.39 is 0 Å². The molecule has 3 aromatic carbocycles. The van der Waals surface area contributed by atoms with Gasteiger partial charge in [-0.1, -0.05) is 71.4 Å². The van der Waals surface area contributed by atoms with Crippen LogP contribution in [0.1, 0.15) is 27.3 Å². The average molecular weight is 483 g/mol. The topological polar surface area (TPSA) is 59.8 Å². The number of benzene rings is 3. The zero-order valence-corrected chi connectivity index (χ0v) is 19.6. The van der Waals surface area contributed by atoms with Crippen molar-refractivity contribution in [2.24, 2.45) is 0 Å². The van der Waals surface area contributed by atoms with Crippen molar-refractivity contribution in [2.75, 3.05) is 0 Å². The van der Waals surface area contributed by atoms with E-state index in [1.54, 1.807) is 36.0 Å². The van der Waals surface area contributed by atoms with Gasteiger partial charge in [-0.05, 0) is 54.4 Å². The van der Waals surface area contributed by atoms with E-state index in [9.17, 15) is 4.79 Å². The number of thioether (sulfide) groups is 1. The number of hydrogen-bond acceptors (Lipinski definition) is 4. The molecule has 0 aliphatic rings. The molecule has 0 bridgehead atoms. The van der Waals surface area contributed by atoms with Crippen LogP contribution in [0.2, 0.25) is 10.0 Å². The van der Waals surface area contributed by atoms with Gasteiger partial charge < -0.3 is 5.32 Å². The Kier molecular flexibility index (Phi) is 7.15. The molecular weight excluding hydrogens is 463 g/mol. The Hall–Kier alpha value is -2.80. The van der Waals surface area contributed by atoms with Crippen LogP contribution in [-0.4, -0.2) is 20.7 Å². The Morgan fingerprint density at radius 1 is 0.969 bits per heavy atom. The summed E-state index contributed by atoms with van der Waals surface area (Å²) in [5, 5.41) is 13.6. The highest BCUT2D eigenvalue weighted by Gasteiger charge is 2.18. The lowest BCUT2D eigenvalue weighted by molar-refractivity contribution is 0.0949. The third-order valence-electron chi connectivity index (χ3n) is 4.84. The molecule has 1 aromatic heterocycles. The molecule has 1 heterocycles. The fraction of sp³-hybridized carbons (Fsp3) is 0.125. The number of halogens is 2. The van der Waals surface area contributed by atoms with Crippen LogP contribution in [0.15, 0.2) is 78.0 Å². The Morgan fingerprint density at radius 2 is 1.69 bits per heavy atom. The summed E-state index contributed by atoms with van der Waals surface area (Å²) in [6, 6.07) is 22.6. The summed E-state index contributed by atoms with van der Waals surface area (Å²) in [7, 11) is 0. The van der Waals surface area contributed by atoms with Gasteiger partial charge in [-0.2, -0.15) is 0 Å². The van der Waals surface area contributed by atoms with Crippen LogP contribution >= 0.6 is 35.0 Å². The van der Waals surface area contributed by atoms with Crippen molar-refractivity contribution in [2.45, 2.75) is 24.4 Å². The fourth-order valence-corrected chi connectivity index (χ4v) is 4.37. The summed E-state index contributed by atoms with van der Waals surface area (Å²) >= 11 is 13.8. The van der Waals surface area contributed by atoms with E-state index in [-0.39, 0.29) is 12.5 Å². The molecule has 32 heavy (non-hydrogen) atoms. The van der Waals surface area contributed by atoms with Crippen LogP contribution in [0.5, 0.6) is 0 Å². The Morgan fingerprint density at radius 3 is 2.44 bits per heavy atom. The molecule has 0 aliphatic heterocycles. The molecule has 0 spiro atoms. The summed E-state index contributed by atoms with van der Waals surface area (Å²) in [4.78, 5) is 12.6. The van der Waals surface area contributed by atoms with Gasteiger partial charge in [0.1, 0.15) is 0 Å². The van der Waals surface area contributed by atoms with Crippen molar-refractivity contribution in [1.82, 2.24) is 20.1 Å². The van der Waals surface area contributed by atoms with Crippen molar-refractivity contribution in [3.8, 4) is 5.69 Å². The average Bonchev–Trinajstić information content (AvgIpc) is 3.21. The molecule has 162 valence electrons. The zero-order chi connectivity index (χ0) is 22.5. The molecule has 0 fully saturated rings. The van der Waals surface area contributed by atoms with E-state index >= 15 is 0 Å². The molecule has 8 heteroatoms. The lowest BCUT2D eigenvalue weighted by Crippen LogP contribution is -2.24. The Bertz CT molecular complexity index is 1230. The first-order valence-corrected chi connectivity index (χ1v) is 11.7. The van der Waals surface area contributed by atoms with E-state index in [4.69, 9.17) is 23.2 Å². The summed E-state index contributed by atoms with van der Waals surface area (Å²) in [5.74, 6) is 1.15. The minimum absolute atomic E-state index is 0.211. The predicted octanol–water partition coefficient (Wildman–Crippen LogP) is 6.10. The summed E-state index contributed by atoms with van der Waals surface area (Å²) in [5.41, 5.74) is 3.63. The molecule has 1 N–H and O–H groups in total. The van der Waals surface area contributed by atoms with Crippen LogP contribution in [-0.2, 0) is 12.3 Å². The molecule has 0 unspecified atom stereocenters. The van der Waals surface area contributed by atoms with E-state index in [0.29, 0.717) is 21.4 Å². The first-order valence-electron chi connectivity index (χ1n) is 9.92. The lowest BCUT2D eigenvalue weighted by Gasteiger charge is -2.14. The standard InChI is InChI=1S/C24H20Cl2N4OS/c1-16-7-10-20(26)13-21(16)30-22(14-27-23(31)18-8-11-19(25)12-9-18)28-29-24(30)32-15-17-5-3-2-4-6-17/h2-13H,14-15H2,1H3,(H,27,31). The molecule has 0 radical (unpaired) electrons. The number of carbonyl (C=O) groups is 1. The minimum Gasteiger partial charge on any atom is -0.345 e. The molecule has 4 rings (SSSR count). The molecule has 0 saturated carbocycles. The molecule has 4 aromatic rings. The van der Waals surface area contributed by atoms with Crippen molar-refractivity contribution in [1.29, 1.82) is 0 Å². The van der Waals surface area contributed by atoms with Crippen LogP contribution in [0.25, 0.3) is 5.69 Å². The lowest BCUT2D eigenvalue weighted by atomic mass is 10.2. The number of amides is 1. The molecule has 0 atom stereocenters. The summed E-state index contributed by atoms with van der Waals surface area (Å²) in [6.07, 6.45) is 0. The molecule has 5 nitrogen and oxygen atoms in total. The third-order valence-corrected chi connectivity index (χ3v) is 6.32. The highest BCUT2D eigenvalue weighted by atomic mass is 35.5. The first kappa shape index (κ1) is 22.4. The Labute approximate surface area is 200 Å². The van der Waals surface area contributed by atoms with Crippen LogP contribution in [0.3, 0.4) is 0 Å². The number of nitrogens with one attached hydrogen (secondary N) is 1. The van der Waals surface area contributed by atoms with Crippen molar-refractivity contribution in [3.63, 3.8) is 0 Å². The second kappa shape index (κ2) is 10.2. The van der Waals surface area contributed by atoms with Gasteiger partial charge in [-0.15, -0.1) is 10.2 Å². The molecule has 1 amide bonds. The number of rotatable bonds is 7. The van der Waals surface area contributed by atoms with Gasteiger partial charge in [-0.25, -0.2) is 0 Å². The van der Waals surface area contributed by atoms with E-state index in [0.717, 1.165) is 22.2 Å². The van der Waals surface area contributed by atoms with Gasteiger partial charge in [0.05, 0.1) is 12.2 Å². The quantitative estimate of drug-likeness (QED) is 0.323. The predicted molar refractivity (Wildman–Crippen MR) is 130 cm³/mol. The van der Waals surface area contributed by atoms with Crippen LogP contribution in [0.4, 0.5) is 0 Å². The summed E-state index contributed by atoms with van der Waals surface area (Å²) < 4.78 is 1.96. The maximum absolute atomic E-state index is 12.6. The first-order chi connectivity index (χ1) is 15.5. The molecular formula is C24H20Cl2N4OS. The number of aromatic nitrogens is 3. The Balaban J connectivity index is 1.61. The number of carbonyl (C=O) groups excluding carboxylic acids is 1. The van der Waals surface area contributed by atoms with Gasteiger partial charge in [0.25, 0.3) is 5.91 Å². The van der Waals surface area contributed by atoms with E-state index in [1.165, 1.54) is 5.56 Å². The van der Waals surface area contributed by atoms with Crippen molar-refractivity contribution < 1.29 is 4.79 Å². The van der Waals surface area contributed by atoms with Gasteiger partial charge in [-0.3, -0.25) is 9.36 Å². The second-order valence-corrected chi connectivity index (χ2v) is 8.94. The minimum atomic E-state index is -0.211. The highest BCUT2D eigenvalue weighted by molar-refractivity contribution is 7.98. The van der Waals surface area contributed by atoms with Crippen molar-refractivity contribution in [3.05, 3.63) is 105 Å². The maximum Gasteiger partial charge on any atom is 0.251 e. The largest absolute Gasteiger partial charge is 0.345 e. The molecule has 0 aliphatic carbocycles. The van der Waals surface area contributed by atoms with Gasteiger partial charge in [0, 0.05) is 21.4 Å².